The van der Waals surface area contributed by atoms with Gasteiger partial charge in [-0.3, -0.25) is 29.9 Å². The van der Waals surface area contributed by atoms with E-state index >= 15 is 0 Å². The molecule has 0 aromatic carbocycles. The molecule has 6 aromatic rings. The topological polar surface area (TPSA) is 152 Å². The number of hydrogen-bond acceptors (Lipinski definition) is 8. The Morgan fingerprint density at radius 3 is 0.844 bits per heavy atom. The van der Waals surface area contributed by atoms with Crippen LogP contribution in [-0.4, -0.2) is 52.1 Å². The Hall–Kier alpha value is -4.96. The molecule has 10 nitrogen and oxygen atoms in total. The summed E-state index contributed by atoms with van der Waals surface area (Å²) in [6.07, 6.45) is 9.52. The maximum atomic E-state index is 10.6. The molecule has 0 saturated carbocycles. The normalized spacial score (nSPS) is 9.16. The maximum Gasteiger partial charge on any atom is 2.00 e. The number of carbonyl (C=O) groups is 2. The van der Waals surface area contributed by atoms with E-state index in [0.717, 1.165) is 22.8 Å². The molecular weight excluding hydrogens is 704 g/mol. The number of hydrogen-bond donors (Lipinski definition) is 2. The van der Waals surface area contributed by atoms with E-state index in [1.54, 1.807) is 24.8 Å². The Labute approximate surface area is 284 Å². The van der Waals surface area contributed by atoms with E-state index in [4.69, 9.17) is 10.2 Å². The van der Waals surface area contributed by atoms with Crippen molar-refractivity contribution in [2.24, 2.45) is 0 Å². The van der Waals surface area contributed by atoms with Crippen molar-refractivity contribution in [3.63, 3.8) is 0 Å². The molecule has 0 spiro atoms. The minimum absolute atomic E-state index is 0. The van der Waals surface area contributed by atoms with E-state index in [2.05, 4.69) is 29.9 Å². The molecule has 45 heavy (non-hydrogen) atoms. The number of aromatic nitrogens is 6. The summed E-state index contributed by atoms with van der Waals surface area (Å²) in [6.45, 7) is 0. The summed E-state index contributed by atoms with van der Waals surface area (Å²) in [5, 5.41) is 17.4. The van der Waals surface area contributed by atoms with Gasteiger partial charge in [-0.05, 0) is 72.8 Å². The van der Waals surface area contributed by atoms with Gasteiger partial charge >= 0.3 is 31.4 Å². The largest absolute Gasteiger partial charge is 2.00 e. The zero-order valence-electron chi connectivity index (χ0n) is 23.2. The number of halogens is 2. The van der Waals surface area contributed by atoms with Gasteiger partial charge in [0.25, 0.3) is 0 Å². The van der Waals surface area contributed by atoms with Gasteiger partial charge in [0.2, 0.25) is 0 Å². The fourth-order valence-corrected chi connectivity index (χ4v) is 3.40. The molecule has 0 radical (unpaired) electrons. The first kappa shape index (κ1) is 38.1. The minimum Gasteiger partial charge on any atom is -1.00 e. The molecule has 6 heterocycles. The average Bonchev–Trinajstić information content (AvgIpc) is 3.07. The third-order valence-electron chi connectivity index (χ3n) is 5.47. The third-order valence-corrected chi connectivity index (χ3v) is 5.47. The second kappa shape index (κ2) is 20.1. The smallest absolute Gasteiger partial charge is 1.00 e. The summed E-state index contributed by atoms with van der Waals surface area (Å²) in [6, 6.07) is 29.1. The summed E-state index contributed by atoms with van der Waals surface area (Å²) in [7, 11) is 0. The van der Waals surface area contributed by atoms with Gasteiger partial charge in [-0.1, -0.05) is 24.3 Å². The molecule has 6 rings (SSSR count). The van der Waals surface area contributed by atoms with E-state index < -0.39 is 11.9 Å². The van der Waals surface area contributed by atoms with Crippen molar-refractivity contribution in [3.8, 4) is 34.2 Å². The van der Waals surface area contributed by atoms with Gasteiger partial charge < -0.3 is 35.0 Å². The molecule has 6 aromatic heterocycles. The van der Waals surface area contributed by atoms with E-state index in [1.165, 1.54) is 36.7 Å². The van der Waals surface area contributed by atoms with Crippen LogP contribution in [0.15, 0.2) is 134 Å². The van der Waals surface area contributed by atoms with Crippen molar-refractivity contribution in [2.75, 3.05) is 0 Å². The average molecular weight is 729 g/mol. The van der Waals surface area contributed by atoms with Crippen LogP contribution in [0.3, 0.4) is 0 Å². The van der Waals surface area contributed by atoms with E-state index in [9.17, 15) is 9.59 Å². The van der Waals surface area contributed by atoms with Crippen LogP contribution in [0.2, 0.25) is 0 Å². The summed E-state index contributed by atoms with van der Waals surface area (Å²) in [5.74, 6) is -2.11. The monoisotopic (exact) mass is 728 g/mol. The zero-order valence-corrected chi connectivity index (χ0v) is 26.5. The Bertz CT molecular complexity index is 1500. The van der Waals surface area contributed by atoms with Crippen molar-refractivity contribution in [1.82, 2.24) is 29.9 Å². The van der Waals surface area contributed by atoms with Gasteiger partial charge in [0.15, 0.2) is 0 Å². The van der Waals surface area contributed by atoms with Crippen molar-refractivity contribution in [1.29, 1.82) is 0 Å². The first-order valence-electron chi connectivity index (χ1n) is 12.5. The first-order valence-corrected chi connectivity index (χ1v) is 12.5. The van der Waals surface area contributed by atoms with Gasteiger partial charge in [-0.2, -0.15) is 0 Å². The summed E-state index contributed by atoms with van der Waals surface area (Å²) in [5.41, 5.74) is 4.79. The fourth-order valence-electron chi connectivity index (χ4n) is 3.40. The predicted octanol–water partition coefficient (Wildman–Crippen LogP) is -0.167. The van der Waals surface area contributed by atoms with Crippen molar-refractivity contribution < 1.29 is 64.1 Å². The molecule has 0 aliphatic heterocycles. The van der Waals surface area contributed by atoms with Gasteiger partial charge in [-0.25, -0.2) is 9.59 Å². The molecular formula is C32H24Cl2N6O4Ru. The number of pyridine rings is 6. The van der Waals surface area contributed by atoms with Gasteiger partial charge in [0.05, 0.1) is 45.3 Å². The van der Waals surface area contributed by atoms with Crippen LogP contribution in [0, 0.1) is 0 Å². The second-order valence-corrected chi connectivity index (χ2v) is 8.33. The van der Waals surface area contributed by atoms with E-state index in [1.807, 2.05) is 72.8 Å². The zero-order chi connectivity index (χ0) is 29.6. The van der Waals surface area contributed by atoms with Gasteiger partial charge in [0, 0.05) is 37.2 Å². The standard InChI is InChI=1S/C12H8N2O4.2C10H8N2.2ClH.Ru/c15-11(16)7-1-3-9(13-5-7)10-4-2-8(6-14-10)12(17)18;2*1-3-7-11-9(5-1)10-6-2-4-8-12-10;;;/h1-6H,(H,15,16)(H,17,18);2*1-8H;2*1H;/q;;;;;+2/p-2. The van der Waals surface area contributed by atoms with Crippen LogP contribution in [0.25, 0.3) is 34.2 Å². The van der Waals surface area contributed by atoms with E-state index in [0.29, 0.717) is 11.4 Å². The SMILES string of the molecule is O=C(O)c1ccc(-c2ccc(C(=O)O)cn2)nc1.[Cl-].[Cl-].[Ru+2].c1ccc(-c2ccccn2)nc1.c1ccc(-c2ccccn2)nc1. The molecule has 228 valence electrons. The number of nitrogens with zero attached hydrogens (tertiary/aromatic N) is 6. The minimum atomic E-state index is -1.05. The number of carboxylic acids is 2. The molecule has 0 amide bonds. The maximum absolute atomic E-state index is 10.6. The van der Waals surface area contributed by atoms with Crippen LogP contribution in [0.1, 0.15) is 20.7 Å². The third kappa shape index (κ3) is 11.9. The Balaban J connectivity index is 0.000000336. The van der Waals surface area contributed by atoms with Gasteiger partial charge in [-0.15, -0.1) is 0 Å². The first-order chi connectivity index (χ1) is 20.5. The van der Waals surface area contributed by atoms with Gasteiger partial charge in [0.1, 0.15) is 0 Å². The Morgan fingerprint density at radius 2 is 0.667 bits per heavy atom. The molecule has 0 aliphatic carbocycles. The van der Waals surface area contributed by atoms with Crippen molar-refractivity contribution in [3.05, 3.63) is 145 Å². The van der Waals surface area contributed by atoms with Crippen LogP contribution in [0.4, 0.5) is 0 Å². The summed E-state index contributed by atoms with van der Waals surface area (Å²) < 4.78 is 0. The van der Waals surface area contributed by atoms with Crippen LogP contribution in [0.5, 0.6) is 0 Å². The number of carboxylic acid groups (broad SMARTS) is 2. The molecule has 0 saturated heterocycles. The number of aromatic carboxylic acids is 2. The Kier molecular flexibility index (Phi) is 17.0. The molecule has 2 N–H and O–H groups in total. The molecule has 0 unspecified atom stereocenters. The summed E-state index contributed by atoms with van der Waals surface area (Å²) in [4.78, 5) is 45.9. The number of rotatable bonds is 5. The van der Waals surface area contributed by atoms with Crippen molar-refractivity contribution >= 4 is 11.9 Å². The molecule has 13 heteroatoms. The Morgan fingerprint density at radius 1 is 0.400 bits per heavy atom. The van der Waals surface area contributed by atoms with Crippen LogP contribution in [-0.2, 0) is 19.5 Å². The van der Waals surface area contributed by atoms with E-state index in [-0.39, 0.29) is 55.4 Å². The fraction of sp³-hybridized carbons (Fsp3) is 0. The summed E-state index contributed by atoms with van der Waals surface area (Å²) >= 11 is 0. The van der Waals surface area contributed by atoms with Crippen LogP contribution < -0.4 is 24.8 Å². The second-order valence-electron chi connectivity index (χ2n) is 8.33. The van der Waals surface area contributed by atoms with Crippen LogP contribution >= 0.6 is 0 Å². The quantitative estimate of drug-likeness (QED) is 0.229. The van der Waals surface area contributed by atoms with Crippen molar-refractivity contribution in [2.45, 2.75) is 0 Å². The predicted molar refractivity (Wildman–Crippen MR) is 156 cm³/mol. The molecule has 0 bridgehead atoms. The molecule has 0 atom stereocenters. The molecule has 0 aliphatic rings. The molecule has 0 fully saturated rings.